The van der Waals surface area contributed by atoms with E-state index in [1.165, 1.54) is 5.69 Å². The first kappa shape index (κ1) is 25.3. The van der Waals surface area contributed by atoms with Gasteiger partial charge in [-0.05, 0) is 56.7 Å². The topological polar surface area (TPSA) is 76.2 Å². The van der Waals surface area contributed by atoms with Gasteiger partial charge in [0.05, 0.1) is 5.41 Å². The van der Waals surface area contributed by atoms with E-state index in [4.69, 9.17) is 11.6 Å². The van der Waals surface area contributed by atoms with E-state index in [0.717, 1.165) is 63.4 Å². The number of piperazine rings is 1. The Kier molecular flexibility index (Phi) is 7.45. The zero-order valence-electron chi connectivity index (χ0n) is 21.3. The first-order valence-corrected chi connectivity index (χ1v) is 13.8. The molecule has 1 aromatic rings. The van der Waals surface area contributed by atoms with Crippen LogP contribution in [0.1, 0.15) is 45.4 Å². The molecule has 0 aliphatic carbocycles. The maximum atomic E-state index is 13.1. The molecule has 1 N–H and O–H groups in total. The van der Waals surface area contributed by atoms with E-state index in [0.29, 0.717) is 32.5 Å². The van der Waals surface area contributed by atoms with Crippen LogP contribution in [0.25, 0.3) is 0 Å². The molecule has 196 valence electrons. The number of likely N-dealkylation sites (tertiary alicyclic amines) is 2. The van der Waals surface area contributed by atoms with Crippen LogP contribution in [-0.4, -0.2) is 96.9 Å². The zero-order chi connectivity index (χ0) is 25.3. The smallest absolute Gasteiger partial charge is 0.245 e. The third-order valence-electron chi connectivity index (χ3n) is 8.77. The van der Waals surface area contributed by atoms with E-state index in [1.807, 2.05) is 23.1 Å². The van der Waals surface area contributed by atoms with E-state index in [-0.39, 0.29) is 35.2 Å². The maximum Gasteiger partial charge on any atom is 0.245 e. The standard InChI is InChI=1S/C27H38ClN5O3/c1-20(34)33-10-3-6-24(33)25(35)32-12-8-27(9-13-32)19-22(29-26(27)36)7-11-30-14-16-31(17-15-30)23-5-2-4-21(28)18-23/h2,4-5,18,22,24H,3,6-17,19H2,1H3,(H,29,36)/t22-,24-/m0/s1. The molecule has 5 rings (SSSR count). The predicted octanol–water partition coefficient (Wildman–Crippen LogP) is 2.36. The van der Waals surface area contributed by atoms with Gasteiger partial charge < -0.3 is 20.0 Å². The van der Waals surface area contributed by atoms with Crippen LogP contribution in [0.15, 0.2) is 24.3 Å². The Hall–Kier alpha value is -2.32. The molecule has 36 heavy (non-hydrogen) atoms. The Bertz CT molecular complexity index is 987. The lowest BCUT2D eigenvalue weighted by atomic mass is 9.75. The molecule has 1 spiro atoms. The SMILES string of the molecule is CC(=O)N1CCC[C@H]1C(=O)N1CCC2(CC1)C[C@H](CCN1CCN(c3cccc(Cl)c3)CC1)NC2=O. The highest BCUT2D eigenvalue weighted by atomic mass is 35.5. The van der Waals surface area contributed by atoms with Gasteiger partial charge in [0.1, 0.15) is 6.04 Å². The zero-order valence-corrected chi connectivity index (χ0v) is 22.0. The average Bonchev–Trinajstić information content (AvgIpc) is 3.49. The van der Waals surface area contributed by atoms with Crippen molar-refractivity contribution in [3.05, 3.63) is 29.3 Å². The number of piperidine rings is 1. The van der Waals surface area contributed by atoms with Crippen LogP contribution >= 0.6 is 11.6 Å². The van der Waals surface area contributed by atoms with Crippen molar-refractivity contribution >= 4 is 35.0 Å². The van der Waals surface area contributed by atoms with Gasteiger partial charge in [0.2, 0.25) is 17.7 Å². The molecule has 4 fully saturated rings. The Labute approximate surface area is 218 Å². The number of amides is 3. The van der Waals surface area contributed by atoms with Gasteiger partial charge in [-0.25, -0.2) is 0 Å². The quantitative estimate of drug-likeness (QED) is 0.651. The van der Waals surface area contributed by atoms with Crippen molar-refractivity contribution in [3.8, 4) is 0 Å². The lowest BCUT2D eigenvalue weighted by molar-refractivity contribution is -0.145. The number of hydrogen-bond acceptors (Lipinski definition) is 5. The number of carbonyl (C=O) groups excluding carboxylic acids is 3. The number of nitrogens with zero attached hydrogens (tertiary/aromatic N) is 4. The summed E-state index contributed by atoms with van der Waals surface area (Å²) in [6.07, 6.45) is 4.88. The third-order valence-corrected chi connectivity index (χ3v) is 9.00. The molecule has 3 amide bonds. The minimum absolute atomic E-state index is 0.0248. The minimum atomic E-state index is -0.345. The Morgan fingerprint density at radius 1 is 1.08 bits per heavy atom. The molecule has 2 atom stereocenters. The van der Waals surface area contributed by atoms with E-state index >= 15 is 0 Å². The number of hydrogen-bond donors (Lipinski definition) is 1. The Morgan fingerprint density at radius 3 is 2.53 bits per heavy atom. The highest BCUT2D eigenvalue weighted by Crippen LogP contribution is 2.41. The van der Waals surface area contributed by atoms with Gasteiger partial charge in [-0.2, -0.15) is 0 Å². The van der Waals surface area contributed by atoms with Gasteiger partial charge >= 0.3 is 0 Å². The van der Waals surface area contributed by atoms with E-state index in [1.54, 1.807) is 11.8 Å². The molecule has 9 heteroatoms. The van der Waals surface area contributed by atoms with Crippen LogP contribution in [0, 0.1) is 5.41 Å². The largest absolute Gasteiger partial charge is 0.369 e. The van der Waals surface area contributed by atoms with E-state index in [2.05, 4.69) is 21.2 Å². The van der Waals surface area contributed by atoms with Gasteiger partial charge in [0.15, 0.2) is 0 Å². The Morgan fingerprint density at radius 2 is 1.83 bits per heavy atom. The molecule has 0 bridgehead atoms. The highest BCUT2D eigenvalue weighted by molar-refractivity contribution is 6.30. The number of nitrogens with one attached hydrogen (secondary N) is 1. The normalized spacial score (nSPS) is 26.5. The van der Waals surface area contributed by atoms with Gasteiger partial charge in [-0.15, -0.1) is 0 Å². The summed E-state index contributed by atoms with van der Waals surface area (Å²) in [7, 11) is 0. The van der Waals surface area contributed by atoms with Crippen LogP contribution in [0.3, 0.4) is 0 Å². The fourth-order valence-electron chi connectivity index (χ4n) is 6.57. The lowest BCUT2D eigenvalue weighted by Gasteiger charge is -2.39. The monoisotopic (exact) mass is 515 g/mol. The number of anilines is 1. The van der Waals surface area contributed by atoms with E-state index in [9.17, 15) is 14.4 Å². The molecule has 0 aromatic heterocycles. The molecule has 4 aliphatic heterocycles. The van der Waals surface area contributed by atoms with Crippen LogP contribution < -0.4 is 10.2 Å². The van der Waals surface area contributed by atoms with Gasteiger partial charge in [-0.3, -0.25) is 19.3 Å². The van der Waals surface area contributed by atoms with Crippen molar-refractivity contribution in [1.82, 2.24) is 20.0 Å². The summed E-state index contributed by atoms with van der Waals surface area (Å²) in [5, 5.41) is 4.04. The Balaban J connectivity index is 1.07. The molecule has 0 saturated carbocycles. The summed E-state index contributed by atoms with van der Waals surface area (Å²) in [6.45, 7) is 8.38. The molecule has 4 heterocycles. The number of benzene rings is 1. The fourth-order valence-corrected chi connectivity index (χ4v) is 6.75. The minimum Gasteiger partial charge on any atom is -0.369 e. The first-order chi connectivity index (χ1) is 17.3. The summed E-state index contributed by atoms with van der Waals surface area (Å²) in [4.78, 5) is 46.5. The van der Waals surface area contributed by atoms with Crippen LogP contribution in [0.5, 0.6) is 0 Å². The highest BCUT2D eigenvalue weighted by Gasteiger charge is 2.49. The third kappa shape index (κ3) is 5.21. The van der Waals surface area contributed by atoms with Crippen LogP contribution in [0.4, 0.5) is 5.69 Å². The van der Waals surface area contributed by atoms with Crippen molar-refractivity contribution in [1.29, 1.82) is 0 Å². The average molecular weight is 516 g/mol. The lowest BCUT2D eigenvalue weighted by Crippen LogP contribution is -2.52. The molecule has 0 unspecified atom stereocenters. The second-order valence-electron chi connectivity index (χ2n) is 10.9. The number of rotatable bonds is 5. The van der Waals surface area contributed by atoms with Crippen LogP contribution in [-0.2, 0) is 14.4 Å². The second-order valence-corrected chi connectivity index (χ2v) is 11.4. The molecule has 4 saturated heterocycles. The molecule has 4 aliphatic rings. The summed E-state index contributed by atoms with van der Waals surface area (Å²) in [6, 6.07) is 7.93. The van der Waals surface area contributed by atoms with Crippen molar-refractivity contribution < 1.29 is 14.4 Å². The van der Waals surface area contributed by atoms with Gasteiger partial charge in [0.25, 0.3) is 0 Å². The molecule has 8 nitrogen and oxygen atoms in total. The molecule has 1 aromatic carbocycles. The maximum absolute atomic E-state index is 13.1. The summed E-state index contributed by atoms with van der Waals surface area (Å²) in [5.41, 5.74) is 0.835. The van der Waals surface area contributed by atoms with Gasteiger partial charge in [-0.1, -0.05) is 17.7 Å². The first-order valence-electron chi connectivity index (χ1n) is 13.4. The van der Waals surface area contributed by atoms with Crippen molar-refractivity contribution in [2.24, 2.45) is 5.41 Å². The summed E-state index contributed by atoms with van der Waals surface area (Å²) < 4.78 is 0. The van der Waals surface area contributed by atoms with Crippen molar-refractivity contribution in [2.75, 3.05) is 57.3 Å². The van der Waals surface area contributed by atoms with E-state index < -0.39 is 0 Å². The summed E-state index contributed by atoms with van der Waals surface area (Å²) >= 11 is 6.15. The van der Waals surface area contributed by atoms with Crippen LogP contribution in [0.2, 0.25) is 5.02 Å². The number of halogens is 1. The molecular weight excluding hydrogens is 478 g/mol. The second kappa shape index (κ2) is 10.6. The predicted molar refractivity (Wildman–Crippen MR) is 140 cm³/mol. The number of carbonyl (C=O) groups is 3. The summed E-state index contributed by atoms with van der Waals surface area (Å²) in [5.74, 6) is 0.198. The van der Waals surface area contributed by atoms with Crippen molar-refractivity contribution in [2.45, 2.75) is 57.5 Å². The van der Waals surface area contributed by atoms with Crippen molar-refractivity contribution in [3.63, 3.8) is 0 Å². The fraction of sp³-hybridized carbons (Fsp3) is 0.667. The molecule has 0 radical (unpaired) electrons. The molecular formula is C27H38ClN5O3. The van der Waals surface area contributed by atoms with Gasteiger partial charge in [0, 0.05) is 76.0 Å².